The third-order valence-electron chi connectivity index (χ3n) is 7.24. The molecule has 9 atom stereocenters. The molecule has 3 unspecified atom stereocenters. The largest absolute Gasteiger partial charge is 0.472 e. The third-order valence-corrected chi connectivity index (χ3v) is 8.21. The van der Waals surface area contributed by atoms with Crippen LogP contribution in [-0.4, -0.2) is 114 Å². The fourth-order valence-electron chi connectivity index (χ4n) is 5.04. The minimum Gasteiger partial charge on any atom is -0.394 e. The molecule has 4 aromatic rings. The number of hydrogen-bond acceptors (Lipinski definition) is 17. The standard InChI is InChI=1S/C22H25N10O11P/c1-2-22(14(36)12(35)19(42-22)31-6-27-9-15(23)25-5-26-16(9)31)4-40-44(38,39)43-13-11(34)8(3-33)41-20(13)32-7-28-10-17(32)29-21(24)30-18(10)37/h1,5-8,11-14,19-20,33-36H,3-4H2,(H,38,39)(H2,23,25,26)(H3,24,29,30,37)/t8-,11?,12+,13+,14?,19-,20-,22-/m1/s1. The van der Waals surface area contributed by atoms with Gasteiger partial charge in [-0.15, -0.1) is 6.42 Å². The van der Waals surface area contributed by atoms with Gasteiger partial charge in [-0.2, -0.15) is 4.98 Å². The summed E-state index contributed by atoms with van der Waals surface area (Å²) in [5.41, 5.74) is 8.60. The highest BCUT2D eigenvalue weighted by Crippen LogP contribution is 2.51. The number of H-pyrrole nitrogens is 1. The lowest BCUT2D eigenvalue weighted by Crippen LogP contribution is -2.45. The van der Waals surface area contributed by atoms with E-state index in [1.165, 1.54) is 10.9 Å². The molecule has 21 nitrogen and oxygen atoms in total. The van der Waals surface area contributed by atoms with E-state index in [1.807, 2.05) is 0 Å². The number of nitrogens with one attached hydrogen (secondary N) is 1. The molecule has 22 heteroatoms. The van der Waals surface area contributed by atoms with Crippen LogP contribution >= 0.6 is 7.82 Å². The molecular weight excluding hydrogens is 611 g/mol. The lowest BCUT2D eigenvalue weighted by atomic mass is 9.97. The average molecular weight is 636 g/mol. The van der Waals surface area contributed by atoms with Crippen LogP contribution in [0.3, 0.4) is 0 Å². The van der Waals surface area contributed by atoms with Crippen LogP contribution in [0.15, 0.2) is 23.8 Å². The molecule has 0 spiro atoms. The van der Waals surface area contributed by atoms with Crippen LogP contribution in [0, 0.1) is 12.3 Å². The highest BCUT2D eigenvalue weighted by molar-refractivity contribution is 7.47. The van der Waals surface area contributed by atoms with Crippen molar-refractivity contribution in [3.63, 3.8) is 0 Å². The van der Waals surface area contributed by atoms with Crippen molar-refractivity contribution in [3.8, 4) is 12.3 Å². The zero-order valence-corrected chi connectivity index (χ0v) is 23.1. The van der Waals surface area contributed by atoms with E-state index in [1.54, 1.807) is 0 Å². The highest BCUT2D eigenvalue weighted by atomic mass is 31.2. The van der Waals surface area contributed by atoms with Crippen LogP contribution in [0.5, 0.6) is 0 Å². The fourth-order valence-corrected chi connectivity index (χ4v) is 5.99. The first-order valence-electron chi connectivity index (χ1n) is 12.7. The number of aromatic nitrogens is 8. The molecule has 0 aliphatic carbocycles. The summed E-state index contributed by atoms with van der Waals surface area (Å²) in [6.45, 7) is -1.72. The van der Waals surface area contributed by atoms with Crippen molar-refractivity contribution >= 4 is 41.9 Å². The number of anilines is 2. The molecule has 4 aromatic heterocycles. The normalized spacial score (nSPS) is 31.9. The molecule has 2 saturated heterocycles. The van der Waals surface area contributed by atoms with Crippen LogP contribution in [0.1, 0.15) is 12.5 Å². The number of nitrogen functional groups attached to an aromatic ring is 2. The number of ether oxygens (including phenoxy) is 2. The zero-order chi connectivity index (χ0) is 31.6. The summed E-state index contributed by atoms with van der Waals surface area (Å²) in [4.78, 5) is 45.0. The second-order valence-corrected chi connectivity index (χ2v) is 11.3. The number of phosphoric acid groups is 1. The van der Waals surface area contributed by atoms with Crippen LogP contribution in [0.25, 0.3) is 22.3 Å². The Morgan fingerprint density at radius 3 is 2.50 bits per heavy atom. The Kier molecular flexibility index (Phi) is 7.38. The first-order chi connectivity index (χ1) is 20.9. The number of aliphatic hydroxyl groups excluding tert-OH is 4. The van der Waals surface area contributed by atoms with Gasteiger partial charge in [-0.05, 0) is 0 Å². The Hall–Kier alpha value is -4.07. The van der Waals surface area contributed by atoms with Gasteiger partial charge in [0.25, 0.3) is 5.56 Å². The molecule has 2 aliphatic rings. The maximum absolute atomic E-state index is 13.2. The second kappa shape index (κ2) is 10.8. The van der Waals surface area contributed by atoms with E-state index in [0.717, 1.165) is 17.2 Å². The molecule has 6 heterocycles. The van der Waals surface area contributed by atoms with E-state index in [9.17, 15) is 34.7 Å². The van der Waals surface area contributed by atoms with Crippen LogP contribution < -0.4 is 17.0 Å². The van der Waals surface area contributed by atoms with Crippen LogP contribution in [0.4, 0.5) is 11.8 Å². The Morgan fingerprint density at radius 2 is 1.80 bits per heavy atom. The van der Waals surface area contributed by atoms with E-state index in [0.29, 0.717) is 0 Å². The molecule has 0 radical (unpaired) electrons. The van der Waals surface area contributed by atoms with Crippen molar-refractivity contribution in [2.24, 2.45) is 0 Å². The smallest absolute Gasteiger partial charge is 0.394 e. The van der Waals surface area contributed by atoms with Gasteiger partial charge in [0.05, 0.1) is 19.3 Å². The van der Waals surface area contributed by atoms with Gasteiger partial charge >= 0.3 is 7.82 Å². The molecule has 44 heavy (non-hydrogen) atoms. The molecule has 0 aromatic carbocycles. The average Bonchev–Trinajstić information content (AvgIpc) is 3.73. The Morgan fingerprint density at radius 1 is 1.09 bits per heavy atom. The predicted octanol–water partition coefficient (Wildman–Crippen LogP) is -3.50. The number of aromatic amines is 1. The van der Waals surface area contributed by atoms with Crippen LogP contribution in [-0.2, 0) is 23.1 Å². The van der Waals surface area contributed by atoms with Crippen molar-refractivity contribution in [2.75, 3.05) is 24.7 Å². The van der Waals surface area contributed by atoms with Crippen molar-refractivity contribution in [1.29, 1.82) is 0 Å². The minimum absolute atomic E-state index is 0.0428. The number of phosphoric ester groups is 1. The topological polar surface area (TPSA) is 314 Å². The molecule has 0 saturated carbocycles. The summed E-state index contributed by atoms with van der Waals surface area (Å²) >= 11 is 0. The second-order valence-electron chi connectivity index (χ2n) is 9.89. The quantitative estimate of drug-likeness (QED) is 0.0687. The Balaban J connectivity index is 1.24. The number of hydrogen-bond donors (Lipinski definition) is 8. The number of terminal acetylenes is 1. The maximum Gasteiger partial charge on any atom is 0.472 e. The maximum atomic E-state index is 13.2. The molecule has 2 fully saturated rings. The van der Waals surface area contributed by atoms with E-state index in [2.05, 4.69) is 35.8 Å². The predicted molar refractivity (Wildman–Crippen MR) is 144 cm³/mol. The van der Waals surface area contributed by atoms with E-state index < -0.39 is 75.2 Å². The number of rotatable bonds is 8. The number of aliphatic hydroxyl groups is 4. The monoisotopic (exact) mass is 636 g/mol. The highest BCUT2D eigenvalue weighted by Gasteiger charge is 2.56. The van der Waals surface area contributed by atoms with Gasteiger partial charge in [0.1, 0.15) is 49.0 Å². The van der Waals surface area contributed by atoms with Gasteiger partial charge in [-0.1, -0.05) is 5.92 Å². The van der Waals surface area contributed by atoms with Gasteiger partial charge in [-0.3, -0.25) is 28.0 Å². The van der Waals surface area contributed by atoms with Gasteiger partial charge < -0.3 is 46.3 Å². The molecule has 2 aliphatic heterocycles. The lowest BCUT2D eigenvalue weighted by Gasteiger charge is -2.28. The van der Waals surface area contributed by atoms with E-state index in [4.69, 9.17) is 36.4 Å². The minimum atomic E-state index is -5.21. The Labute approximate surface area is 244 Å². The Bertz CT molecular complexity index is 1870. The van der Waals surface area contributed by atoms with Crippen molar-refractivity contribution in [2.45, 2.75) is 48.6 Å². The van der Waals surface area contributed by atoms with Crippen molar-refractivity contribution in [1.82, 2.24) is 39.0 Å². The number of nitrogens with zero attached hydrogens (tertiary/aromatic N) is 7. The summed E-state index contributed by atoms with van der Waals surface area (Å²) in [7, 11) is -5.21. The van der Waals surface area contributed by atoms with E-state index >= 15 is 0 Å². The SMILES string of the molecule is C#C[C@]1(COP(=O)(O)O[C@H]2C(O)[C@@H](CO)O[C@H]2n2cnc3c(=O)[nH]c(N)nc32)O[C@@H](n2cnc3c(N)ncnc32)[C@@H](O)C1O. The first kappa shape index (κ1) is 30.0. The molecule has 10 N–H and O–H groups in total. The lowest BCUT2D eigenvalue weighted by molar-refractivity contribution is -0.0943. The summed E-state index contributed by atoms with van der Waals surface area (Å²) < 4.78 is 37.3. The number of imidazole rings is 2. The molecule has 0 bridgehead atoms. The summed E-state index contributed by atoms with van der Waals surface area (Å²) in [5.74, 6) is 1.92. The summed E-state index contributed by atoms with van der Waals surface area (Å²) in [5, 5.41) is 42.1. The molecule has 234 valence electrons. The van der Waals surface area contributed by atoms with Gasteiger partial charge in [0.2, 0.25) is 5.95 Å². The van der Waals surface area contributed by atoms with Gasteiger partial charge in [0.15, 0.2) is 40.7 Å². The summed E-state index contributed by atoms with van der Waals surface area (Å²) in [6, 6.07) is 0. The number of nitrogens with two attached hydrogens (primary N) is 2. The fraction of sp³-hybridized carbons (Fsp3) is 0.455. The number of fused-ring (bicyclic) bond motifs is 2. The van der Waals surface area contributed by atoms with Crippen molar-refractivity contribution in [3.05, 3.63) is 29.3 Å². The molecular formula is C22H25N10O11P. The van der Waals surface area contributed by atoms with Crippen molar-refractivity contribution < 1.29 is 48.4 Å². The molecule has 0 amide bonds. The molecule has 6 rings (SSSR count). The van der Waals surface area contributed by atoms with Gasteiger partial charge in [-0.25, -0.2) is 24.5 Å². The van der Waals surface area contributed by atoms with Gasteiger partial charge in [0, 0.05) is 0 Å². The first-order valence-corrected chi connectivity index (χ1v) is 14.2. The zero-order valence-electron chi connectivity index (χ0n) is 22.2. The summed E-state index contributed by atoms with van der Waals surface area (Å²) in [6.07, 6.45) is -2.01. The third kappa shape index (κ3) is 4.79. The van der Waals surface area contributed by atoms with E-state index in [-0.39, 0.29) is 34.1 Å². The van der Waals surface area contributed by atoms with Crippen LogP contribution in [0.2, 0.25) is 0 Å².